The summed E-state index contributed by atoms with van der Waals surface area (Å²) in [6.45, 7) is 1.96. The van der Waals surface area contributed by atoms with E-state index in [9.17, 15) is 14.7 Å². The second kappa shape index (κ2) is 6.73. The Kier molecular flexibility index (Phi) is 4.98. The van der Waals surface area contributed by atoms with Gasteiger partial charge in [0.1, 0.15) is 10.1 Å². The molecule has 0 spiro atoms. The Morgan fingerprint density at radius 1 is 1.43 bits per heavy atom. The number of hydrogen-bond donors (Lipinski definition) is 0. The molecule has 0 radical (unpaired) electrons. The zero-order valence-electron chi connectivity index (χ0n) is 11.2. The van der Waals surface area contributed by atoms with Gasteiger partial charge in [0.15, 0.2) is 0 Å². The third-order valence-corrected chi connectivity index (χ3v) is 4.03. The fourth-order valence-electron chi connectivity index (χ4n) is 1.74. The van der Waals surface area contributed by atoms with E-state index in [2.05, 4.69) is 0 Å². The summed E-state index contributed by atoms with van der Waals surface area (Å²) in [5.74, 6) is -1.00. The highest BCUT2D eigenvalue weighted by molar-refractivity contribution is 8.26. The van der Waals surface area contributed by atoms with E-state index < -0.39 is 18.4 Å². The number of amides is 1. The normalized spacial score (nSPS) is 16.6. The molecule has 0 aliphatic carbocycles. The average Bonchev–Trinajstić information content (AvgIpc) is 2.69. The molecule has 0 bridgehead atoms. The van der Waals surface area contributed by atoms with Gasteiger partial charge in [0.25, 0.3) is 5.91 Å². The van der Waals surface area contributed by atoms with Crippen molar-refractivity contribution in [2.75, 3.05) is 13.2 Å². The summed E-state index contributed by atoms with van der Waals surface area (Å²) in [5, 5.41) is 10.6. The number of thiocarbonyl (C=S) groups is 1. The molecule has 0 unspecified atom stereocenters. The van der Waals surface area contributed by atoms with E-state index in [4.69, 9.17) is 17.0 Å². The minimum atomic E-state index is -1.34. The van der Waals surface area contributed by atoms with Crippen LogP contribution < -0.4 is 9.84 Å². The van der Waals surface area contributed by atoms with E-state index in [-0.39, 0.29) is 4.32 Å². The molecule has 0 N–H and O–H groups in total. The molecule has 1 aliphatic rings. The van der Waals surface area contributed by atoms with E-state index >= 15 is 0 Å². The Balaban J connectivity index is 2.16. The van der Waals surface area contributed by atoms with Crippen LogP contribution in [0.5, 0.6) is 5.75 Å². The zero-order valence-corrected chi connectivity index (χ0v) is 12.8. The summed E-state index contributed by atoms with van der Waals surface area (Å²) < 4.78 is 5.56. The number of carbonyl (C=O) groups excluding carboxylic acids is 2. The van der Waals surface area contributed by atoms with Crippen molar-refractivity contribution < 1.29 is 19.4 Å². The fourth-order valence-corrected chi connectivity index (χ4v) is 3.00. The summed E-state index contributed by atoms with van der Waals surface area (Å²) in [4.78, 5) is 24.1. The van der Waals surface area contributed by atoms with Crippen LogP contribution in [0.4, 0.5) is 0 Å². The molecule has 0 aromatic heterocycles. The third kappa shape index (κ3) is 3.83. The molecule has 1 saturated heterocycles. The number of ether oxygens (including phenoxy) is 1. The van der Waals surface area contributed by atoms with E-state index in [1.807, 2.05) is 19.1 Å². The van der Waals surface area contributed by atoms with Gasteiger partial charge >= 0.3 is 0 Å². The van der Waals surface area contributed by atoms with Crippen LogP contribution in [0.3, 0.4) is 0 Å². The number of carboxylic acids is 1. The molecule has 2 rings (SSSR count). The van der Waals surface area contributed by atoms with Crippen LogP contribution in [0.2, 0.25) is 0 Å². The van der Waals surface area contributed by atoms with Crippen molar-refractivity contribution in [3.8, 4) is 5.75 Å². The van der Waals surface area contributed by atoms with Gasteiger partial charge in [0, 0.05) is 0 Å². The number of aliphatic carboxylic acids is 1. The lowest BCUT2D eigenvalue weighted by molar-refractivity contribution is -0.305. The number of nitrogens with zero attached hydrogens (tertiary/aromatic N) is 1. The molecule has 1 amide bonds. The molecule has 110 valence electrons. The molecular formula is C14H12NO4S2-. The van der Waals surface area contributed by atoms with Crippen molar-refractivity contribution in [2.24, 2.45) is 0 Å². The van der Waals surface area contributed by atoms with Gasteiger partial charge in [-0.2, -0.15) is 0 Å². The van der Waals surface area contributed by atoms with Crippen LogP contribution in [-0.2, 0) is 9.59 Å². The number of rotatable bonds is 5. The average molecular weight is 322 g/mol. The van der Waals surface area contributed by atoms with E-state index in [1.165, 1.54) is 0 Å². The molecule has 21 heavy (non-hydrogen) atoms. The quantitative estimate of drug-likeness (QED) is 0.596. The summed E-state index contributed by atoms with van der Waals surface area (Å²) in [7, 11) is 0. The topological polar surface area (TPSA) is 69.7 Å². The van der Waals surface area contributed by atoms with E-state index in [1.54, 1.807) is 18.2 Å². The maximum absolute atomic E-state index is 12.1. The molecule has 1 aromatic carbocycles. The predicted molar refractivity (Wildman–Crippen MR) is 82.5 cm³/mol. The molecule has 1 fully saturated rings. The summed E-state index contributed by atoms with van der Waals surface area (Å²) in [6.07, 6.45) is 1.67. The van der Waals surface area contributed by atoms with Crippen molar-refractivity contribution in [1.29, 1.82) is 0 Å². The number of hydrogen-bond acceptors (Lipinski definition) is 6. The maximum atomic E-state index is 12.1. The molecule has 1 aliphatic heterocycles. The minimum Gasteiger partial charge on any atom is -0.548 e. The minimum absolute atomic E-state index is 0.224. The van der Waals surface area contributed by atoms with Crippen LogP contribution in [0.15, 0.2) is 29.2 Å². The standard InChI is InChI=1S/C14H13NO4S2/c1-2-19-10-5-3-9(4-6-10)7-11-13(18)15(8-12(16)17)14(20)21-11/h3-7H,2,8H2,1H3,(H,16,17)/p-1/b11-7-. The van der Waals surface area contributed by atoms with Gasteiger partial charge < -0.3 is 14.6 Å². The van der Waals surface area contributed by atoms with Gasteiger partial charge in [-0.05, 0) is 30.7 Å². The van der Waals surface area contributed by atoms with Crippen LogP contribution in [0, 0.1) is 0 Å². The number of carboxylic acid groups (broad SMARTS) is 1. The van der Waals surface area contributed by atoms with E-state index in [0.29, 0.717) is 11.5 Å². The summed E-state index contributed by atoms with van der Waals surface area (Å²) in [5.41, 5.74) is 0.812. The van der Waals surface area contributed by atoms with Crippen molar-refractivity contribution in [2.45, 2.75) is 6.92 Å². The summed E-state index contributed by atoms with van der Waals surface area (Å²) in [6, 6.07) is 7.24. The molecule has 0 saturated carbocycles. The first kappa shape index (κ1) is 15.5. The van der Waals surface area contributed by atoms with Gasteiger partial charge in [-0.25, -0.2) is 0 Å². The second-order valence-electron chi connectivity index (χ2n) is 4.14. The first-order valence-corrected chi connectivity index (χ1v) is 7.42. The lowest BCUT2D eigenvalue weighted by Crippen LogP contribution is -2.40. The first-order chi connectivity index (χ1) is 10.0. The van der Waals surface area contributed by atoms with Gasteiger partial charge in [0.2, 0.25) is 0 Å². The first-order valence-electron chi connectivity index (χ1n) is 6.19. The number of benzene rings is 1. The molecule has 1 heterocycles. The van der Waals surface area contributed by atoms with Gasteiger partial charge in [-0.15, -0.1) is 0 Å². The SMILES string of the molecule is CCOc1ccc(/C=C2\SC(=S)N(CC(=O)[O-])C2=O)cc1. The molecule has 0 atom stereocenters. The lowest BCUT2D eigenvalue weighted by atomic mass is 10.2. The highest BCUT2D eigenvalue weighted by Gasteiger charge is 2.31. The van der Waals surface area contributed by atoms with Gasteiger partial charge in [0.05, 0.1) is 24.0 Å². The third-order valence-electron chi connectivity index (χ3n) is 2.65. The Bertz CT molecular complexity index is 610. The van der Waals surface area contributed by atoms with Crippen molar-refractivity contribution in [3.63, 3.8) is 0 Å². The smallest absolute Gasteiger partial charge is 0.266 e. The van der Waals surface area contributed by atoms with Crippen LogP contribution in [0.1, 0.15) is 12.5 Å². The Morgan fingerprint density at radius 3 is 2.67 bits per heavy atom. The molecule has 7 heteroatoms. The van der Waals surface area contributed by atoms with Gasteiger partial charge in [-0.1, -0.05) is 36.1 Å². The van der Waals surface area contributed by atoms with Gasteiger partial charge in [-0.3, -0.25) is 9.69 Å². The van der Waals surface area contributed by atoms with E-state index in [0.717, 1.165) is 28.0 Å². The molecule has 5 nitrogen and oxygen atoms in total. The zero-order chi connectivity index (χ0) is 15.4. The number of carbonyl (C=O) groups is 2. The number of thioether (sulfide) groups is 1. The van der Waals surface area contributed by atoms with Crippen LogP contribution >= 0.6 is 24.0 Å². The lowest BCUT2D eigenvalue weighted by Gasteiger charge is -2.14. The van der Waals surface area contributed by atoms with Crippen LogP contribution in [0.25, 0.3) is 6.08 Å². The summed E-state index contributed by atoms with van der Waals surface area (Å²) >= 11 is 6.08. The Labute approximate surface area is 131 Å². The van der Waals surface area contributed by atoms with Crippen molar-refractivity contribution in [1.82, 2.24) is 4.90 Å². The van der Waals surface area contributed by atoms with Crippen LogP contribution in [-0.4, -0.2) is 34.2 Å². The van der Waals surface area contributed by atoms with Crippen molar-refractivity contribution in [3.05, 3.63) is 34.7 Å². The molecule has 1 aromatic rings. The Hall–Kier alpha value is -1.86. The Morgan fingerprint density at radius 2 is 2.10 bits per heavy atom. The second-order valence-corrected chi connectivity index (χ2v) is 5.82. The van der Waals surface area contributed by atoms with Crippen molar-refractivity contribution >= 4 is 46.3 Å². The maximum Gasteiger partial charge on any atom is 0.266 e. The molecular weight excluding hydrogens is 310 g/mol. The largest absolute Gasteiger partial charge is 0.548 e. The highest BCUT2D eigenvalue weighted by atomic mass is 32.2. The highest BCUT2D eigenvalue weighted by Crippen LogP contribution is 2.32. The fraction of sp³-hybridized carbons (Fsp3) is 0.214. The monoisotopic (exact) mass is 322 g/mol. The predicted octanol–water partition coefficient (Wildman–Crippen LogP) is 1.04.